The molecule has 3 rings (SSSR count). The first-order valence-electron chi connectivity index (χ1n) is 10.8. The molecule has 1 N–H and O–H groups in total. The van der Waals surface area contributed by atoms with Gasteiger partial charge >= 0.3 is 0 Å². The van der Waals surface area contributed by atoms with E-state index in [-0.39, 0.29) is 16.2 Å². The Balaban J connectivity index is 1.42. The largest absolute Gasteiger partial charge is 0.494 e. The van der Waals surface area contributed by atoms with Crippen molar-refractivity contribution in [2.45, 2.75) is 56.8 Å². The normalized spacial score (nSPS) is 15.1. The van der Waals surface area contributed by atoms with Gasteiger partial charge in [0.2, 0.25) is 15.9 Å². The average Bonchev–Trinajstić information content (AvgIpc) is 3.27. The zero-order valence-electron chi connectivity index (χ0n) is 18.6. The molecule has 6 nitrogen and oxygen atoms in total. The topological polar surface area (TPSA) is 75.7 Å². The SMILES string of the molecule is CC(C)(C)c1ccc(OCCCC(=O)Nc2ccc(S(=O)(=O)N3CCCC3)cc2)cc1. The van der Waals surface area contributed by atoms with Crippen LogP contribution in [0.25, 0.3) is 0 Å². The Morgan fingerprint density at radius 3 is 2.19 bits per heavy atom. The molecule has 7 heteroatoms. The first-order chi connectivity index (χ1) is 14.7. The molecule has 1 amide bonds. The van der Waals surface area contributed by atoms with Gasteiger partial charge in [0.1, 0.15) is 5.75 Å². The summed E-state index contributed by atoms with van der Waals surface area (Å²) in [7, 11) is -3.43. The van der Waals surface area contributed by atoms with Gasteiger partial charge in [0.15, 0.2) is 0 Å². The van der Waals surface area contributed by atoms with Gasteiger partial charge in [0, 0.05) is 25.2 Å². The summed E-state index contributed by atoms with van der Waals surface area (Å²) >= 11 is 0. The second kappa shape index (κ2) is 9.83. The van der Waals surface area contributed by atoms with Crippen LogP contribution in [0.2, 0.25) is 0 Å². The molecule has 0 unspecified atom stereocenters. The minimum atomic E-state index is -3.43. The number of benzene rings is 2. The molecule has 2 aromatic carbocycles. The van der Waals surface area contributed by atoms with E-state index in [1.807, 2.05) is 12.1 Å². The molecule has 1 saturated heterocycles. The summed E-state index contributed by atoms with van der Waals surface area (Å²) in [4.78, 5) is 12.4. The molecule has 0 atom stereocenters. The van der Waals surface area contributed by atoms with E-state index in [2.05, 4.69) is 38.2 Å². The summed E-state index contributed by atoms with van der Waals surface area (Å²) in [5, 5.41) is 2.81. The van der Waals surface area contributed by atoms with Gasteiger partial charge in [0.25, 0.3) is 0 Å². The highest BCUT2D eigenvalue weighted by atomic mass is 32.2. The lowest BCUT2D eigenvalue weighted by molar-refractivity contribution is -0.116. The predicted octanol–water partition coefficient (Wildman–Crippen LogP) is 4.57. The van der Waals surface area contributed by atoms with Crippen molar-refractivity contribution in [3.63, 3.8) is 0 Å². The third-order valence-corrected chi connectivity index (χ3v) is 7.29. The monoisotopic (exact) mass is 444 g/mol. The van der Waals surface area contributed by atoms with Crippen molar-refractivity contribution in [3.05, 3.63) is 54.1 Å². The fourth-order valence-corrected chi connectivity index (χ4v) is 5.00. The van der Waals surface area contributed by atoms with E-state index >= 15 is 0 Å². The molecule has 168 valence electrons. The van der Waals surface area contributed by atoms with Crippen LogP contribution in [-0.4, -0.2) is 38.3 Å². The molecular weight excluding hydrogens is 412 g/mol. The maximum Gasteiger partial charge on any atom is 0.243 e. The van der Waals surface area contributed by atoms with Gasteiger partial charge in [-0.3, -0.25) is 4.79 Å². The molecule has 1 fully saturated rings. The Morgan fingerprint density at radius 2 is 1.61 bits per heavy atom. The van der Waals surface area contributed by atoms with Crippen LogP contribution in [0.1, 0.15) is 52.0 Å². The Morgan fingerprint density at radius 1 is 1.00 bits per heavy atom. The van der Waals surface area contributed by atoms with Gasteiger partial charge in [-0.2, -0.15) is 4.31 Å². The fraction of sp³-hybridized carbons (Fsp3) is 0.458. The Hall–Kier alpha value is -2.38. The Bertz CT molecular complexity index is 972. The smallest absolute Gasteiger partial charge is 0.243 e. The van der Waals surface area contributed by atoms with Crippen LogP contribution < -0.4 is 10.1 Å². The molecule has 2 aromatic rings. The van der Waals surface area contributed by atoms with Crippen LogP contribution >= 0.6 is 0 Å². The predicted molar refractivity (Wildman–Crippen MR) is 123 cm³/mol. The number of carbonyl (C=O) groups excluding carboxylic acids is 1. The molecule has 0 aromatic heterocycles. The van der Waals surface area contributed by atoms with Gasteiger partial charge in [-0.05, 0) is 66.6 Å². The number of hydrogen-bond donors (Lipinski definition) is 1. The number of carbonyl (C=O) groups is 1. The lowest BCUT2D eigenvalue weighted by Gasteiger charge is -2.19. The standard InChI is InChI=1S/C24H32N2O4S/c1-24(2,3)19-8-12-21(13-9-19)30-18-6-7-23(27)25-20-10-14-22(15-11-20)31(28,29)26-16-4-5-17-26/h8-15H,4-7,16-18H2,1-3H3,(H,25,27). The molecular formula is C24H32N2O4S. The van der Waals surface area contributed by atoms with Crippen LogP contribution in [-0.2, 0) is 20.2 Å². The number of nitrogens with zero attached hydrogens (tertiary/aromatic N) is 1. The fourth-order valence-electron chi connectivity index (χ4n) is 3.49. The van der Waals surface area contributed by atoms with Crippen molar-refractivity contribution >= 4 is 21.6 Å². The second-order valence-corrected chi connectivity index (χ2v) is 10.8. The van der Waals surface area contributed by atoms with E-state index in [4.69, 9.17) is 4.74 Å². The average molecular weight is 445 g/mol. The summed E-state index contributed by atoms with van der Waals surface area (Å²) in [5.41, 5.74) is 1.94. The van der Waals surface area contributed by atoms with Gasteiger partial charge in [0.05, 0.1) is 11.5 Å². The first-order valence-corrected chi connectivity index (χ1v) is 12.2. The molecule has 0 aliphatic carbocycles. The van der Waals surface area contributed by atoms with E-state index < -0.39 is 10.0 Å². The van der Waals surface area contributed by atoms with Gasteiger partial charge < -0.3 is 10.1 Å². The lowest BCUT2D eigenvalue weighted by Crippen LogP contribution is -2.27. The number of rotatable bonds is 8. The minimum absolute atomic E-state index is 0.104. The van der Waals surface area contributed by atoms with Crippen molar-refractivity contribution in [2.24, 2.45) is 0 Å². The van der Waals surface area contributed by atoms with Crippen LogP contribution in [0.5, 0.6) is 5.75 Å². The second-order valence-electron chi connectivity index (χ2n) is 8.91. The molecule has 1 aliphatic rings. The number of hydrogen-bond acceptors (Lipinski definition) is 4. The highest BCUT2D eigenvalue weighted by Crippen LogP contribution is 2.25. The summed E-state index contributed by atoms with van der Waals surface area (Å²) < 4.78 is 32.3. The minimum Gasteiger partial charge on any atom is -0.494 e. The number of anilines is 1. The van der Waals surface area contributed by atoms with Crippen molar-refractivity contribution in [1.29, 1.82) is 0 Å². The first kappa shape index (κ1) is 23.3. The van der Waals surface area contributed by atoms with Gasteiger partial charge in [-0.25, -0.2) is 8.42 Å². The molecule has 31 heavy (non-hydrogen) atoms. The number of nitrogens with one attached hydrogen (secondary N) is 1. The van der Waals surface area contributed by atoms with Crippen LogP contribution in [0.15, 0.2) is 53.4 Å². The van der Waals surface area contributed by atoms with E-state index in [9.17, 15) is 13.2 Å². The lowest BCUT2D eigenvalue weighted by atomic mass is 9.87. The van der Waals surface area contributed by atoms with Crippen molar-refractivity contribution in [1.82, 2.24) is 4.31 Å². The molecule has 0 saturated carbocycles. The molecule has 0 spiro atoms. The highest BCUT2D eigenvalue weighted by Gasteiger charge is 2.26. The zero-order valence-corrected chi connectivity index (χ0v) is 19.4. The summed E-state index contributed by atoms with van der Waals surface area (Å²) in [6.07, 6.45) is 2.72. The quantitative estimate of drug-likeness (QED) is 0.606. The van der Waals surface area contributed by atoms with Crippen molar-refractivity contribution in [3.8, 4) is 5.75 Å². The van der Waals surface area contributed by atoms with Crippen molar-refractivity contribution in [2.75, 3.05) is 25.0 Å². The third-order valence-electron chi connectivity index (χ3n) is 5.38. The molecule has 1 heterocycles. The number of amides is 1. The van der Waals surface area contributed by atoms with E-state index in [0.29, 0.717) is 38.2 Å². The maximum absolute atomic E-state index is 12.6. The van der Waals surface area contributed by atoms with E-state index in [1.54, 1.807) is 24.3 Å². The van der Waals surface area contributed by atoms with Crippen LogP contribution in [0.4, 0.5) is 5.69 Å². The molecule has 1 aliphatic heterocycles. The number of sulfonamides is 1. The Labute approximate surface area is 185 Å². The number of ether oxygens (including phenoxy) is 1. The molecule has 0 radical (unpaired) electrons. The highest BCUT2D eigenvalue weighted by molar-refractivity contribution is 7.89. The van der Waals surface area contributed by atoms with E-state index in [0.717, 1.165) is 18.6 Å². The van der Waals surface area contributed by atoms with Gasteiger partial charge in [-0.1, -0.05) is 32.9 Å². The maximum atomic E-state index is 12.6. The summed E-state index contributed by atoms with van der Waals surface area (Å²) in [5.74, 6) is 0.671. The third kappa shape index (κ3) is 6.31. The van der Waals surface area contributed by atoms with Crippen LogP contribution in [0.3, 0.4) is 0 Å². The zero-order chi connectivity index (χ0) is 22.5. The summed E-state index contributed by atoms with van der Waals surface area (Å²) in [6, 6.07) is 14.4. The summed E-state index contributed by atoms with van der Waals surface area (Å²) in [6.45, 7) is 8.10. The molecule has 0 bridgehead atoms. The van der Waals surface area contributed by atoms with Crippen LogP contribution in [0, 0.1) is 0 Å². The van der Waals surface area contributed by atoms with E-state index in [1.165, 1.54) is 9.87 Å². The van der Waals surface area contributed by atoms with Gasteiger partial charge in [-0.15, -0.1) is 0 Å². The van der Waals surface area contributed by atoms with Crippen molar-refractivity contribution < 1.29 is 17.9 Å². The Kier molecular flexibility index (Phi) is 7.38.